The van der Waals surface area contributed by atoms with Gasteiger partial charge < -0.3 is 14.4 Å². The molecule has 32 heavy (non-hydrogen) atoms. The summed E-state index contributed by atoms with van der Waals surface area (Å²) in [5, 5.41) is 4.27. The fourth-order valence-electron chi connectivity index (χ4n) is 3.59. The van der Waals surface area contributed by atoms with E-state index in [1.54, 1.807) is 57.7 Å². The lowest BCUT2D eigenvalue weighted by Gasteiger charge is -2.38. The van der Waals surface area contributed by atoms with Crippen LogP contribution < -0.4 is 9.47 Å². The second-order valence-electron chi connectivity index (χ2n) is 7.44. The quantitative estimate of drug-likeness (QED) is 0.544. The molecule has 2 aromatic carbocycles. The molecule has 0 atom stereocenters. The number of likely N-dealkylation sites (tertiary alicyclic amines) is 1. The first kappa shape index (κ1) is 22.2. The predicted octanol–water partition coefficient (Wildman–Crippen LogP) is 3.06. The van der Waals surface area contributed by atoms with Crippen molar-refractivity contribution in [3.8, 4) is 22.8 Å². The Kier molecular flexibility index (Phi) is 5.87. The number of methoxy groups -OCH3 is 2. The Morgan fingerprint density at radius 1 is 1.06 bits per heavy atom. The number of hydrogen-bond donors (Lipinski definition) is 0. The number of halogens is 1. The molecule has 0 N–H and O–H groups in total. The molecule has 3 aromatic rings. The first-order chi connectivity index (χ1) is 15.2. The minimum Gasteiger partial charge on any atom is -0.497 e. The highest BCUT2D eigenvalue weighted by molar-refractivity contribution is 7.92. The average Bonchev–Trinajstić information content (AvgIpc) is 3.13. The van der Waals surface area contributed by atoms with E-state index in [1.165, 1.54) is 21.7 Å². The van der Waals surface area contributed by atoms with Gasteiger partial charge in [-0.2, -0.15) is 5.10 Å². The number of carbonyl (C=O) groups is 1. The van der Waals surface area contributed by atoms with E-state index in [-0.39, 0.29) is 23.9 Å². The molecule has 4 rings (SSSR count). The van der Waals surface area contributed by atoms with Crippen LogP contribution in [0.5, 0.6) is 11.5 Å². The highest BCUT2D eigenvalue weighted by atomic mass is 35.5. The summed E-state index contributed by atoms with van der Waals surface area (Å²) in [6.07, 6.45) is 0. The standard InChI is InChI=1S/C22H22ClN3O5S/c1-25-20(11-19(24-25)18-10-15(30-2)6-9-21(18)31-3)22(27)26-12-17(13-26)32(28,29)16-7-4-14(23)5-8-16/h4-11,17H,12-13H2,1-3H3. The van der Waals surface area contributed by atoms with Gasteiger partial charge in [0.15, 0.2) is 9.84 Å². The Labute approximate surface area is 191 Å². The third kappa shape index (κ3) is 3.93. The molecule has 1 amide bonds. The molecule has 0 aliphatic carbocycles. The molecular formula is C22H22ClN3O5S. The van der Waals surface area contributed by atoms with Crippen LogP contribution in [-0.4, -0.2) is 61.6 Å². The Bertz CT molecular complexity index is 1270. The molecule has 1 aliphatic rings. The maximum absolute atomic E-state index is 13.0. The Morgan fingerprint density at radius 2 is 1.75 bits per heavy atom. The number of carbonyl (C=O) groups excluding carboxylic acids is 1. The number of rotatable bonds is 6. The van der Waals surface area contributed by atoms with E-state index in [1.807, 2.05) is 0 Å². The molecular weight excluding hydrogens is 454 g/mol. The first-order valence-corrected chi connectivity index (χ1v) is 11.7. The molecule has 2 heterocycles. The highest BCUT2D eigenvalue weighted by Crippen LogP contribution is 2.33. The molecule has 168 valence electrons. The maximum atomic E-state index is 13.0. The minimum atomic E-state index is -3.54. The van der Waals surface area contributed by atoms with Crippen molar-refractivity contribution >= 4 is 27.3 Å². The molecule has 0 unspecified atom stereocenters. The van der Waals surface area contributed by atoms with Crippen molar-refractivity contribution in [3.05, 3.63) is 59.2 Å². The van der Waals surface area contributed by atoms with Gasteiger partial charge in [-0.1, -0.05) is 11.6 Å². The first-order valence-electron chi connectivity index (χ1n) is 9.79. The fraction of sp³-hybridized carbons (Fsp3) is 0.273. The van der Waals surface area contributed by atoms with Crippen molar-refractivity contribution in [2.45, 2.75) is 10.1 Å². The summed E-state index contributed by atoms with van der Waals surface area (Å²) in [7, 11) is 1.26. The molecule has 8 nitrogen and oxygen atoms in total. The van der Waals surface area contributed by atoms with Crippen LogP contribution in [0.1, 0.15) is 10.5 Å². The van der Waals surface area contributed by atoms with Gasteiger partial charge in [0.05, 0.1) is 24.8 Å². The van der Waals surface area contributed by atoms with Crippen LogP contribution in [0, 0.1) is 0 Å². The van der Waals surface area contributed by atoms with Crippen molar-refractivity contribution in [3.63, 3.8) is 0 Å². The lowest BCUT2D eigenvalue weighted by Crippen LogP contribution is -2.57. The molecule has 1 fully saturated rings. The average molecular weight is 476 g/mol. The Morgan fingerprint density at radius 3 is 2.38 bits per heavy atom. The van der Waals surface area contributed by atoms with Crippen LogP contribution in [0.15, 0.2) is 53.4 Å². The number of sulfone groups is 1. The summed E-state index contributed by atoms with van der Waals surface area (Å²) in [4.78, 5) is 14.7. The lowest BCUT2D eigenvalue weighted by atomic mass is 10.1. The van der Waals surface area contributed by atoms with Crippen molar-refractivity contribution < 1.29 is 22.7 Å². The number of amides is 1. The topological polar surface area (TPSA) is 90.7 Å². The normalized spacial score (nSPS) is 14.2. The Balaban J connectivity index is 1.53. The monoisotopic (exact) mass is 475 g/mol. The van der Waals surface area contributed by atoms with Crippen LogP contribution in [0.2, 0.25) is 5.02 Å². The lowest BCUT2D eigenvalue weighted by molar-refractivity contribution is 0.0647. The molecule has 0 spiro atoms. The fourth-order valence-corrected chi connectivity index (χ4v) is 5.37. The second-order valence-corrected chi connectivity index (χ2v) is 10.1. The van der Waals surface area contributed by atoms with Gasteiger partial charge in [-0.05, 0) is 48.5 Å². The van der Waals surface area contributed by atoms with Gasteiger partial charge in [0.25, 0.3) is 5.91 Å². The number of ether oxygens (including phenoxy) is 2. The van der Waals surface area contributed by atoms with Crippen LogP contribution >= 0.6 is 11.6 Å². The van der Waals surface area contributed by atoms with E-state index in [0.717, 1.165) is 0 Å². The van der Waals surface area contributed by atoms with Gasteiger partial charge in [-0.3, -0.25) is 9.48 Å². The summed E-state index contributed by atoms with van der Waals surface area (Å²) in [6.45, 7) is 0.236. The van der Waals surface area contributed by atoms with E-state index < -0.39 is 15.1 Å². The van der Waals surface area contributed by atoms with E-state index >= 15 is 0 Å². The number of aromatic nitrogens is 2. The minimum absolute atomic E-state index is 0.118. The molecule has 0 bridgehead atoms. The van der Waals surface area contributed by atoms with E-state index in [4.69, 9.17) is 21.1 Å². The van der Waals surface area contributed by atoms with E-state index in [2.05, 4.69) is 5.10 Å². The van der Waals surface area contributed by atoms with Crippen LogP contribution in [0.4, 0.5) is 0 Å². The summed E-state index contributed by atoms with van der Waals surface area (Å²) in [6, 6.07) is 13.0. The zero-order valence-electron chi connectivity index (χ0n) is 17.8. The second kappa shape index (κ2) is 8.48. The molecule has 0 saturated carbocycles. The molecule has 1 saturated heterocycles. The summed E-state index contributed by atoms with van der Waals surface area (Å²) in [5.74, 6) is 0.953. The van der Waals surface area contributed by atoms with Gasteiger partial charge >= 0.3 is 0 Å². The summed E-state index contributed by atoms with van der Waals surface area (Å²) >= 11 is 5.85. The largest absolute Gasteiger partial charge is 0.497 e. The van der Waals surface area contributed by atoms with Crippen molar-refractivity contribution in [2.75, 3.05) is 27.3 Å². The molecule has 1 aromatic heterocycles. The zero-order chi connectivity index (χ0) is 23.0. The van der Waals surface area contributed by atoms with Crippen molar-refractivity contribution in [1.29, 1.82) is 0 Å². The maximum Gasteiger partial charge on any atom is 0.272 e. The van der Waals surface area contributed by atoms with Gasteiger partial charge in [0.2, 0.25) is 0 Å². The SMILES string of the molecule is COc1ccc(OC)c(-c2cc(C(=O)N3CC(S(=O)(=O)c4ccc(Cl)cc4)C3)n(C)n2)c1. The molecule has 10 heteroatoms. The number of nitrogens with zero attached hydrogens (tertiary/aromatic N) is 3. The smallest absolute Gasteiger partial charge is 0.272 e. The summed E-state index contributed by atoms with van der Waals surface area (Å²) < 4.78 is 37.8. The van der Waals surface area contributed by atoms with E-state index in [0.29, 0.717) is 33.5 Å². The number of hydrogen-bond acceptors (Lipinski definition) is 6. The number of benzene rings is 2. The predicted molar refractivity (Wildman–Crippen MR) is 120 cm³/mol. The molecule has 1 aliphatic heterocycles. The van der Waals surface area contributed by atoms with Crippen molar-refractivity contribution in [2.24, 2.45) is 7.05 Å². The number of aryl methyl sites for hydroxylation is 1. The van der Waals surface area contributed by atoms with E-state index in [9.17, 15) is 13.2 Å². The van der Waals surface area contributed by atoms with Crippen molar-refractivity contribution in [1.82, 2.24) is 14.7 Å². The third-order valence-electron chi connectivity index (χ3n) is 5.50. The van der Waals surface area contributed by atoms with Gasteiger partial charge in [0, 0.05) is 30.7 Å². The van der Waals surface area contributed by atoms with Gasteiger partial charge in [0.1, 0.15) is 22.4 Å². The van der Waals surface area contributed by atoms with Gasteiger partial charge in [-0.15, -0.1) is 0 Å². The third-order valence-corrected chi connectivity index (χ3v) is 7.85. The van der Waals surface area contributed by atoms with Crippen LogP contribution in [0.25, 0.3) is 11.3 Å². The van der Waals surface area contributed by atoms with Crippen LogP contribution in [0.3, 0.4) is 0 Å². The zero-order valence-corrected chi connectivity index (χ0v) is 19.4. The Hall–Kier alpha value is -3.04. The van der Waals surface area contributed by atoms with Gasteiger partial charge in [-0.25, -0.2) is 8.42 Å². The molecule has 0 radical (unpaired) electrons. The summed E-state index contributed by atoms with van der Waals surface area (Å²) in [5.41, 5.74) is 1.60. The highest BCUT2D eigenvalue weighted by Gasteiger charge is 2.41. The van der Waals surface area contributed by atoms with Crippen LogP contribution in [-0.2, 0) is 16.9 Å².